The molecule has 35 heavy (non-hydrogen) atoms. The van der Waals surface area contributed by atoms with Crippen molar-refractivity contribution in [2.24, 2.45) is 0 Å². The van der Waals surface area contributed by atoms with Crippen molar-refractivity contribution in [1.29, 1.82) is 0 Å². The summed E-state index contributed by atoms with van der Waals surface area (Å²) in [6, 6.07) is 21.4. The molecule has 2 atom stereocenters. The Hall–Kier alpha value is -2.11. The van der Waals surface area contributed by atoms with Gasteiger partial charge in [-0.25, -0.2) is 0 Å². The number of hydrogen-bond donors (Lipinski definition) is 0. The molecule has 1 aliphatic heterocycles. The molecular weight excluding hydrogens is 464 g/mol. The van der Waals surface area contributed by atoms with Crippen molar-refractivity contribution in [3.05, 3.63) is 73.0 Å². The van der Waals surface area contributed by atoms with Crippen LogP contribution in [0.5, 0.6) is 0 Å². The molecule has 0 bridgehead atoms. The standard InChI is InChI=1S/C30H42O3Si2/c1-29(2,3)34(7,8)33-26-21-23-31-25(24-26)16-15-22-32-35(30(4,5)6,27-17-11-9-12-18-27)28-19-13-10-14-20-28/h9-14,17-21,23,25-26H,22,24H2,1-8H3/t25-,26-/m1/s1. The first-order chi connectivity index (χ1) is 16.4. The molecule has 2 aromatic carbocycles. The Kier molecular flexibility index (Phi) is 8.54. The van der Waals surface area contributed by atoms with Crippen LogP contribution in [0.25, 0.3) is 0 Å². The van der Waals surface area contributed by atoms with Gasteiger partial charge in [0.05, 0.1) is 19.0 Å². The third kappa shape index (κ3) is 6.37. The summed E-state index contributed by atoms with van der Waals surface area (Å²) in [5.41, 5.74) is 0. The van der Waals surface area contributed by atoms with Crippen LogP contribution in [0.2, 0.25) is 23.2 Å². The minimum Gasteiger partial charge on any atom is -0.485 e. The van der Waals surface area contributed by atoms with E-state index in [1.807, 2.05) is 6.08 Å². The second-order valence-electron chi connectivity index (χ2n) is 11.9. The fourth-order valence-corrected chi connectivity index (χ4v) is 10.1. The molecule has 1 aliphatic rings. The van der Waals surface area contributed by atoms with Gasteiger partial charge in [0.1, 0.15) is 0 Å². The van der Waals surface area contributed by atoms with Gasteiger partial charge in [0.15, 0.2) is 14.4 Å². The van der Waals surface area contributed by atoms with Crippen molar-refractivity contribution in [3.63, 3.8) is 0 Å². The molecule has 0 N–H and O–H groups in total. The van der Waals surface area contributed by atoms with E-state index in [2.05, 4.69) is 127 Å². The van der Waals surface area contributed by atoms with Crippen LogP contribution in [0.1, 0.15) is 48.0 Å². The molecule has 0 spiro atoms. The lowest BCUT2D eigenvalue weighted by Gasteiger charge is -2.42. The summed E-state index contributed by atoms with van der Waals surface area (Å²) < 4.78 is 19.3. The molecule has 1 heterocycles. The highest BCUT2D eigenvalue weighted by Crippen LogP contribution is 2.38. The van der Waals surface area contributed by atoms with E-state index < -0.39 is 16.6 Å². The maximum Gasteiger partial charge on any atom is 0.262 e. The van der Waals surface area contributed by atoms with Crippen LogP contribution in [-0.4, -0.2) is 35.4 Å². The molecule has 0 aromatic heterocycles. The summed E-state index contributed by atoms with van der Waals surface area (Å²) in [7, 11) is -4.43. The second kappa shape index (κ2) is 10.9. The van der Waals surface area contributed by atoms with E-state index in [1.165, 1.54) is 10.4 Å². The Morgan fingerprint density at radius 1 is 0.857 bits per heavy atom. The fraction of sp³-hybridized carbons (Fsp3) is 0.467. The van der Waals surface area contributed by atoms with E-state index in [1.54, 1.807) is 6.26 Å². The van der Waals surface area contributed by atoms with Crippen molar-refractivity contribution in [3.8, 4) is 11.8 Å². The van der Waals surface area contributed by atoms with Gasteiger partial charge >= 0.3 is 0 Å². The average molecular weight is 507 g/mol. The van der Waals surface area contributed by atoms with Crippen molar-refractivity contribution >= 4 is 27.0 Å². The average Bonchev–Trinajstić information content (AvgIpc) is 2.79. The maximum absolute atomic E-state index is 6.88. The van der Waals surface area contributed by atoms with Gasteiger partial charge in [-0.3, -0.25) is 0 Å². The lowest BCUT2D eigenvalue weighted by Crippen LogP contribution is -2.66. The Bertz CT molecular complexity index is 999. The Morgan fingerprint density at radius 2 is 1.40 bits per heavy atom. The number of hydrogen-bond acceptors (Lipinski definition) is 3. The molecule has 3 nitrogen and oxygen atoms in total. The van der Waals surface area contributed by atoms with E-state index in [4.69, 9.17) is 13.6 Å². The van der Waals surface area contributed by atoms with Gasteiger partial charge in [-0.15, -0.1) is 0 Å². The van der Waals surface area contributed by atoms with Gasteiger partial charge in [-0.1, -0.05) is 114 Å². The van der Waals surface area contributed by atoms with Gasteiger partial charge in [0.2, 0.25) is 0 Å². The zero-order valence-electron chi connectivity index (χ0n) is 22.7. The van der Waals surface area contributed by atoms with Crippen LogP contribution in [0.3, 0.4) is 0 Å². The molecule has 188 valence electrons. The SMILES string of the molecule is CC(C)(C)[Si](C)(C)O[C@@H]1C=CO[C@H](C#CCO[Si](c2ccccc2)(c2ccccc2)C(C)(C)C)C1. The van der Waals surface area contributed by atoms with Gasteiger partial charge in [-0.05, 0) is 39.6 Å². The highest BCUT2D eigenvalue weighted by atomic mass is 28.4. The second-order valence-corrected chi connectivity index (χ2v) is 20.9. The Labute approximate surface area is 215 Å². The predicted octanol–water partition coefficient (Wildman–Crippen LogP) is 6.26. The molecule has 0 fully saturated rings. The van der Waals surface area contributed by atoms with Crippen molar-refractivity contribution in [2.45, 2.75) is 83.3 Å². The zero-order valence-corrected chi connectivity index (χ0v) is 24.7. The summed E-state index contributed by atoms with van der Waals surface area (Å²) in [6.07, 6.45) is 4.38. The molecule has 5 heteroatoms. The zero-order chi connectivity index (χ0) is 25.7. The summed E-state index contributed by atoms with van der Waals surface area (Å²) >= 11 is 0. The lowest BCUT2D eigenvalue weighted by molar-refractivity contribution is 0.102. The predicted molar refractivity (Wildman–Crippen MR) is 152 cm³/mol. The van der Waals surface area contributed by atoms with Crippen molar-refractivity contribution < 1.29 is 13.6 Å². The molecule has 0 amide bonds. The van der Waals surface area contributed by atoms with Crippen LogP contribution in [0, 0.1) is 11.8 Å². The summed E-state index contributed by atoms with van der Waals surface area (Å²) in [5, 5.41) is 2.63. The van der Waals surface area contributed by atoms with E-state index in [9.17, 15) is 0 Å². The highest BCUT2D eigenvalue weighted by molar-refractivity contribution is 6.99. The number of rotatable bonds is 6. The third-order valence-electron chi connectivity index (χ3n) is 7.28. The molecular formula is C30H42O3Si2. The van der Waals surface area contributed by atoms with Gasteiger partial charge in [-0.2, -0.15) is 0 Å². The van der Waals surface area contributed by atoms with Gasteiger partial charge in [0.25, 0.3) is 8.32 Å². The van der Waals surface area contributed by atoms with E-state index in [0.717, 1.165) is 6.42 Å². The Morgan fingerprint density at radius 3 is 1.89 bits per heavy atom. The van der Waals surface area contributed by atoms with Crippen molar-refractivity contribution in [1.82, 2.24) is 0 Å². The molecule has 2 aromatic rings. The molecule has 0 saturated carbocycles. The first-order valence-electron chi connectivity index (χ1n) is 12.6. The summed E-state index contributed by atoms with van der Waals surface area (Å²) in [4.78, 5) is 0. The highest BCUT2D eigenvalue weighted by Gasteiger charge is 2.50. The van der Waals surface area contributed by atoms with Gasteiger partial charge in [0, 0.05) is 6.42 Å². The number of ether oxygens (including phenoxy) is 1. The topological polar surface area (TPSA) is 27.7 Å². The minimum atomic E-state index is -2.58. The monoisotopic (exact) mass is 506 g/mol. The molecule has 0 radical (unpaired) electrons. The number of benzene rings is 2. The third-order valence-corrected chi connectivity index (χ3v) is 16.8. The first-order valence-corrected chi connectivity index (χ1v) is 17.4. The van der Waals surface area contributed by atoms with Crippen LogP contribution in [0.15, 0.2) is 73.0 Å². The minimum absolute atomic E-state index is 0.0431. The largest absolute Gasteiger partial charge is 0.485 e. The quantitative estimate of drug-likeness (QED) is 0.342. The fourth-order valence-electron chi connectivity index (χ4n) is 4.37. The van der Waals surface area contributed by atoms with Gasteiger partial charge < -0.3 is 13.6 Å². The maximum atomic E-state index is 6.88. The van der Waals surface area contributed by atoms with E-state index in [-0.39, 0.29) is 22.3 Å². The van der Waals surface area contributed by atoms with Crippen LogP contribution in [-0.2, 0) is 13.6 Å². The van der Waals surface area contributed by atoms with E-state index >= 15 is 0 Å². The smallest absolute Gasteiger partial charge is 0.262 e. The van der Waals surface area contributed by atoms with Crippen LogP contribution >= 0.6 is 0 Å². The summed E-state index contributed by atoms with van der Waals surface area (Å²) in [6.45, 7) is 18.6. The lowest BCUT2D eigenvalue weighted by atomic mass is 10.1. The molecule has 0 aliphatic carbocycles. The summed E-state index contributed by atoms with van der Waals surface area (Å²) in [5.74, 6) is 6.61. The van der Waals surface area contributed by atoms with Crippen LogP contribution < -0.4 is 10.4 Å². The molecule has 0 saturated heterocycles. The van der Waals surface area contributed by atoms with Crippen molar-refractivity contribution in [2.75, 3.05) is 6.61 Å². The molecule has 0 unspecified atom stereocenters. The normalized spacial score (nSPS) is 19.0. The molecule has 3 rings (SSSR count). The van der Waals surface area contributed by atoms with E-state index in [0.29, 0.717) is 6.61 Å². The Balaban J connectivity index is 1.79. The van der Waals surface area contributed by atoms with Crippen LogP contribution in [0.4, 0.5) is 0 Å². The first kappa shape index (κ1) is 27.5.